The van der Waals surface area contributed by atoms with Crippen molar-refractivity contribution in [1.82, 2.24) is 0 Å². The van der Waals surface area contributed by atoms with Crippen molar-refractivity contribution in [2.24, 2.45) is 0 Å². The number of hydrogen-bond donors (Lipinski definition) is 0. The number of carbonyl (C=O) groups excluding carboxylic acids is 1. The number of aryl methyl sites for hydroxylation is 1. The monoisotopic (exact) mass is 300 g/mol. The van der Waals surface area contributed by atoms with E-state index < -0.39 is 0 Å². The molecule has 0 amide bonds. The number of fused-ring (bicyclic) bond motifs is 1. The molecule has 2 heterocycles. The third-order valence-electron chi connectivity index (χ3n) is 3.14. The molecule has 0 spiro atoms. The molecular weight excluding hydrogens is 288 g/mol. The van der Waals surface area contributed by atoms with Gasteiger partial charge in [-0.1, -0.05) is 17.7 Å². The van der Waals surface area contributed by atoms with Gasteiger partial charge in [0.1, 0.15) is 18.1 Å². The lowest BCUT2D eigenvalue weighted by atomic mass is 10.1. The Kier molecular flexibility index (Phi) is 3.67. The zero-order valence-electron chi connectivity index (χ0n) is 11.4. The van der Waals surface area contributed by atoms with Gasteiger partial charge in [0.05, 0.1) is 0 Å². The summed E-state index contributed by atoms with van der Waals surface area (Å²) in [7, 11) is 0. The fourth-order valence-corrected chi connectivity index (χ4v) is 2.27. The Morgan fingerprint density at radius 1 is 1.29 bits per heavy atom. The fourth-order valence-electron chi connectivity index (χ4n) is 2.09. The van der Waals surface area contributed by atoms with E-state index in [1.807, 2.05) is 18.2 Å². The van der Waals surface area contributed by atoms with E-state index in [1.54, 1.807) is 31.2 Å². The molecule has 21 heavy (non-hydrogen) atoms. The highest BCUT2D eigenvalue weighted by Gasteiger charge is 2.11. The van der Waals surface area contributed by atoms with Crippen molar-refractivity contribution < 1.29 is 13.9 Å². The SMILES string of the molecule is Cc1ccc(C(=O)C=CC2=Cc3cc(Cl)ccc3OC2)o1. The number of halogens is 1. The molecule has 1 aliphatic heterocycles. The van der Waals surface area contributed by atoms with E-state index in [-0.39, 0.29) is 5.78 Å². The van der Waals surface area contributed by atoms with Gasteiger partial charge in [-0.05, 0) is 55.0 Å². The number of furan rings is 1. The summed E-state index contributed by atoms with van der Waals surface area (Å²) in [5, 5.41) is 0.654. The van der Waals surface area contributed by atoms with Gasteiger partial charge in [0, 0.05) is 10.6 Å². The first kappa shape index (κ1) is 13.7. The van der Waals surface area contributed by atoms with Gasteiger partial charge in [-0.3, -0.25) is 4.79 Å². The highest BCUT2D eigenvalue weighted by Crippen LogP contribution is 2.29. The molecule has 0 unspecified atom stereocenters. The summed E-state index contributed by atoms with van der Waals surface area (Å²) in [6.45, 7) is 2.23. The van der Waals surface area contributed by atoms with Crippen molar-refractivity contribution >= 4 is 23.5 Å². The Bertz CT molecular complexity index is 753. The van der Waals surface area contributed by atoms with Gasteiger partial charge in [0.2, 0.25) is 5.78 Å². The largest absolute Gasteiger partial charge is 0.488 e. The number of rotatable bonds is 3. The first-order valence-electron chi connectivity index (χ1n) is 6.53. The molecule has 1 aromatic heterocycles. The van der Waals surface area contributed by atoms with Gasteiger partial charge < -0.3 is 9.15 Å². The third kappa shape index (κ3) is 3.09. The molecule has 0 saturated heterocycles. The van der Waals surface area contributed by atoms with Gasteiger partial charge >= 0.3 is 0 Å². The van der Waals surface area contributed by atoms with Crippen molar-refractivity contribution in [2.45, 2.75) is 6.92 Å². The van der Waals surface area contributed by atoms with Crippen LogP contribution >= 0.6 is 11.6 Å². The molecule has 1 aliphatic rings. The van der Waals surface area contributed by atoms with Crippen LogP contribution < -0.4 is 4.74 Å². The van der Waals surface area contributed by atoms with E-state index in [9.17, 15) is 4.79 Å². The molecule has 0 N–H and O–H groups in total. The number of carbonyl (C=O) groups is 1. The molecule has 3 nitrogen and oxygen atoms in total. The molecule has 0 bridgehead atoms. The fraction of sp³-hybridized carbons (Fsp3) is 0.118. The summed E-state index contributed by atoms with van der Waals surface area (Å²) in [6, 6.07) is 8.90. The van der Waals surface area contributed by atoms with Crippen LogP contribution in [-0.2, 0) is 0 Å². The average molecular weight is 301 g/mol. The lowest BCUT2D eigenvalue weighted by Crippen LogP contribution is -2.06. The molecule has 1 aromatic carbocycles. The molecular formula is C17H13ClO3. The highest BCUT2D eigenvalue weighted by atomic mass is 35.5. The first-order valence-corrected chi connectivity index (χ1v) is 6.91. The number of ketones is 1. The molecule has 106 valence electrons. The second kappa shape index (κ2) is 5.62. The van der Waals surface area contributed by atoms with Crippen LogP contribution in [0.15, 0.2) is 52.5 Å². The van der Waals surface area contributed by atoms with E-state index in [2.05, 4.69) is 0 Å². The van der Waals surface area contributed by atoms with Crippen LogP contribution in [0.25, 0.3) is 6.08 Å². The smallest absolute Gasteiger partial charge is 0.221 e. The van der Waals surface area contributed by atoms with Gasteiger partial charge in [-0.25, -0.2) is 0 Å². The lowest BCUT2D eigenvalue weighted by Gasteiger charge is -2.16. The summed E-state index contributed by atoms with van der Waals surface area (Å²) < 4.78 is 10.9. The molecule has 0 fully saturated rings. The van der Waals surface area contributed by atoms with Crippen LogP contribution in [-0.4, -0.2) is 12.4 Å². The average Bonchev–Trinajstić information content (AvgIpc) is 2.91. The topological polar surface area (TPSA) is 39.4 Å². The minimum atomic E-state index is -0.166. The maximum atomic E-state index is 11.9. The van der Waals surface area contributed by atoms with Crippen LogP contribution in [0.1, 0.15) is 21.9 Å². The van der Waals surface area contributed by atoms with Crippen molar-refractivity contribution in [3.63, 3.8) is 0 Å². The van der Waals surface area contributed by atoms with E-state index >= 15 is 0 Å². The molecule has 0 radical (unpaired) electrons. The van der Waals surface area contributed by atoms with E-state index in [4.69, 9.17) is 20.8 Å². The second-order valence-corrected chi connectivity index (χ2v) is 5.23. The predicted octanol–water partition coefficient (Wildman–Crippen LogP) is 4.46. The van der Waals surface area contributed by atoms with Crippen LogP contribution in [0.3, 0.4) is 0 Å². The molecule has 0 atom stereocenters. The Morgan fingerprint density at radius 3 is 2.90 bits per heavy atom. The van der Waals surface area contributed by atoms with Gasteiger partial charge in [-0.15, -0.1) is 0 Å². The Morgan fingerprint density at radius 2 is 2.14 bits per heavy atom. The minimum Gasteiger partial charge on any atom is -0.488 e. The van der Waals surface area contributed by atoms with Crippen molar-refractivity contribution in [2.75, 3.05) is 6.61 Å². The quantitative estimate of drug-likeness (QED) is 0.621. The van der Waals surface area contributed by atoms with Crippen molar-refractivity contribution in [1.29, 1.82) is 0 Å². The normalized spacial score (nSPS) is 13.7. The zero-order valence-corrected chi connectivity index (χ0v) is 12.2. The van der Waals surface area contributed by atoms with E-state index in [1.165, 1.54) is 6.08 Å². The van der Waals surface area contributed by atoms with E-state index in [0.717, 1.165) is 22.6 Å². The van der Waals surface area contributed by atoms with Gasteiger partial charge in [0.25, 0.3) is 0 Å². The molecule has 2 aromatic rings. The number of hydrogen-bond acceptors (Lipinski definition) is 3. The lowest BCUT2D eigenvalue weighted by molar-refractivity contribution is 0.102. The summed E-state index contributed by atoms with van der Waals surface area (Å²) in [4.78, 5) is 11.9. The number of ether oxygens (including phenoxy) is 1. The van der Waals surface area contributed by atoms with Crippen LogP contribution in [0.2, 0.25) is 5.02 Å². The van der Waals surface area contributed by atoms with Gasteiger partial charge in [-0.2, -0.15) is 0 Å². The summed E-state index contributed by atoms with van der Waals surface area (Å²) >= 11 is 5.96. The summed E-state index contributed by atoms with van der Waals surface area (Å²) in [6.07, 6.45) is 5.19. The van der Waals surface area contributed by atoms with Crippen LogP contribution in [0, 0.1) is 6.92 Å². The van der Waals surface area contributed by atoms with Gasteiger partial charge in [0.15, 0.2) is 5.76 Å². The summed E-state index contributed by atoms with van der Waals surface area (Å²) in [5.74, 6) is 1.69. The second-order valence-electron chi connectivity index (χ2n) is 4.80. The third-order valence-corrected chi connectivity index (χ3v) is 3.37. The Labute approximate surface area is 127 Å². The maximum Gasteiger partial charge on any atom is 0.221 e. The minimum absolute atomic E-state index is 0.166. The molecule has 0 aliphatic carbocycles. The van der Waals surface area contributed by atoms with Crippen LogP contribution in [0.5, 0.6) is 5.75 Å². The molecule has 3 rings (SSSR count). The standard InChI is InChI=1S/C17H13ClO3/c1-11-2-6-17(21-11)15(19)5-3-12-8-13-9-14(18)4-7-16(13)20-10-12/h2-9H,10H2,1H3. The van der Waals surface area contributed by atoms with Crippen molar-refractivity contribution in [3.8, 4) is 5.75 Å². The van der Waals surface area contributed by atoms with Crippen molar-refractivity contribution in [3.05, 3.63) is 70.2 Å². The first-order chi connectivity index (χ1) is 10.1. The maximum absolute atomic E-state index is 11.9. The van der Waals surface area contributed by atoms with Crippen LogP contribution in [0.4, 0.5) is 0 Å². The zero-order chi connectivity index (χ0) is 14.8. The predicted molar refractivity (Wildman–Crippen MR) is 81.8 cm³/mol. The Balaban J connectivity index is 1.79. The summed E-state index contributed by atoms with van der Waals surface area (Å²) in [5.41, 5.74) is 1.82. The number of allylic oxidation sites excluding steroid dienone is 1. The van der Waals surface area contributed by atoms with E-state index in [0.29, 0.717) is 17.4 Å². The molecule has 0 saturated carbocycles. The Hall–Kier alpha value is -2.26. The highest BCUT2D eigenvalue weighted by molar-refractivity contribution is 6.30. The number of benzene rings is 1. The molecule has 4 heteroatoms.